The van der Waals surface area contributed by atoms with E-state index < -0.39 is 5.60 Å². The molecule has 194 valence electrons. The average molecular weight is 525 g/mol. The molecule has 1 atom stereocenters. The number of hydrogen-bond acceptors (Lipinski definition) is 7. The van der Waals surface area contributed by atoms with Crippen LogP contribution in [0.2, 0.25) is 5.02 Å². The third-order valence-electron chi connectivity index (χ3n) is 5.89. The Hall–Kier alpha value is -3.63. The Morgan fingerprint density at radius 1 is 1.24 bits per heavy atom. The zero-order valence-corrected chi connectivity index (χ0v) is 22.2. The summed E-state index contributed by atoms with van der Waals surface area (Å²) in [7, 11) is 1.86. The summed E-state index contributed by atoms with van der Waals surface area (Å²) < 4.78 is 19.3. The molecule has 0 spiro atoms. The molecule has 3 aromatic heterocycles. The summed E-state index contributed by atoms with van der Waals surface area (Å²) in [5.74, 6) is 1.66. The monoisotopic (exact) mass is 524 g/mol. The summed E-state index contributed by atoms with van der Waals surface area (Å²) in [4.78, 5) is 26.4. The van der Waals surface area contributed by atoms with Crippen LogP contribution in [0, 0.1) is 6.92 Å². The standard InChI is InChI=1S/C26H29ClN6O4/c1-15-18(13-32(5)31-15)23-29-21-22(19(27)12-28-24(21)30-23)36-17-8-6-16(7-9-17)20-14-33(10-11-35-20)25(34)37-26(2,3)4/h6-9,12-13,20H,10-11,14H2,1-5H3,(H,28,29,30)/t20-/m1/s1. The number of carbonyl (C=O) groups is 1. The quantitative estimate of drug-likeness (QED) is 0.379. The van der Waals surface area contributed by atoms with E-state index in [1.807, 2.05) is 65.2 Å². The minimum atomic E-state index is -0.546. The van der Waals surface area contributed by atoms with Crippen LogP contribution in [0.4, 0.5) is 4.79 Å². The predicted molar refractivity (Wildman–Crippen MR) is 139 cm³/mol. The minimum Gasteiger partial charge on any atom is -0.453 e. The van der Waals surface area contributed by atoms with Gasteiger partial charge >= 0.3 is 6.09 Å². The molecule has 10 nitrogen and oxygen atoms in total. The van der Waals surface area contributed by atoms with Gasteiger partial charge in [-0.15, -0.1) is 0 Å². The van der Waals surface area contributed by atoms with E-state index in [1.165, 1.54) is 6.20 Å². The molecule has 1 aromatic carbocycles. The maximum atomic E-state index is 12.5. The van der Waals surface area contributed by atoms with Crippen LogP contribution in [0.25, 0.3) is 22.6 Å². The molecule has 1 N–H and O–H groups in total. The molecule has 1 aliphatic heterocycles. The van der Waals surface area contributed by atoms with E-state index in [0.29, 0.717) is 53.2 Å². The molecule has 4 heterocycles. The molecular formula is C26H29ClN6O4. The third kappa shape index (κ3) is 5.40. The molecule has 1 aliphatic rings. The number of morpholine rings is 1. The van der Waals surface area contributed by atoms with Gasteiger partial charge in [0.25, 0.3) is 0 Å². The maximum absolute atomic E-state index is 12.5. The van der Waals surface area contributed by atoms with Crippen LogP contribution < -0.4 is 4.74 Å². The van der Waals surface area contributed by atoms with Crippen molar-refractivity contribution in [2.45, 2.75) is 39.4 Å². The Labute approximate surface area is 219 Å². The van der Waals surface area contributed by atoms with Gasteiger partial charge in [-0.3, -0.25) is 4.68 Å². The van der Waals surface area contributed by atoms with E-state index >= 15 is 0 Å². The first-order valence-electron chi connectivity index (χ1n) is 12.0. The van der Waals surface area contributed by atoms with Crippen LogP contribution in [0.15, 0.2) is 36.7 Å². The highest BCUT2D eigenvalue weighted by Gasteiger charge is 2.29. The van der Waals surface area contributed by atoms with Crippen molar-refractivity contribution in [2.75, 3.05) is 19.7 Å². The van der Waals surface area contributed by atoms with Gasteiger partial charge in [0.1, 0.15) is 33.8 Å². The van der Waals surface area contributed by atoms with Crippen LogP contribution in [0.5, 0.6) is 11.5 Å². The van der Waals surface area contributed by atoms with E-state index in [2.05, 4.69) is 20.1 Å². The minimum absolute atomic E-state index is 0.260. The fourth-order valence-electron chi connectivity index (χ4n) is 4.18. The number of pyridine rings is 1. The number of benzene rings is 1. The fourth-order valence-corrected chi connectivity index (χ4v) is 4.36. The Bertz CT molecular complexity index is 1440. The highest BCUT2D eigenvalue weighted by Crippen LogP contribution is 2.36. The number of halogens is 1. The number of aromatic nitrogens is 5. The summed E-state index contributed by atoms with van der Waals surface area (Å²) in [6, 6.07) is 7.52. The molecule has 5 rings (SSSR count). The number of nitrogens with zero attached hydrogens (tertiary/aromatic N) is 5. The Kier molecular flexibility index (Phi) is 6.55. The SMILES string of the molecule is Cc1nn(C)cc1-c1nc2ncc(Cl)c(Oc3ccc([C@H]4CN(C(=O)OC(C)(C)C)CCO4)cc3)c2[nH]1. The van der Waals surface area contributed by atoms with Crippen LogP contribution in [-0.2, 0) is 16.5 Å². The van der Waals surface area contributed by atoms with Crippen molar-refractivity contribution in [1.82, 2.24) is 29.6 Å². The van der Waals surface area contributed by atoms with E-state index in [4.69, 9.17) is 25.8 Å². The van der Waals surface area contributed by atoms with Crippen LogP contribution >= 0.6 is 11.6 Å². The summed E-state index contributed by atoms with van der Waals surface area (Å²) in [5, 5.41) is 4.74. The van der Waals surface area contributed by atoms with Crippen molar-refractivity contribution in [1.29, 1.82) is 0 Å². The number of aryl methyl sites for hydroxylation is 2. The second-order valence-corrected chi connectivity index (χ2v) is 10.4. The summed E-state index contributed by atoms with van der Waals surface area (Å²) in [5.41, 5.74) is 3.20. The van der Waals surface area contributed by atoms with Crippen molar-refractivity contribution in [3.63, 3.8) is 0 Å². The number of carbonyl (C=O) groups excluding carboxylic acids is 1. The number of H-pyrrole nitrogens is 1. The summed E-state index contributed by atoms with van der Waals surface area (Å²) >= 11 is 6.47. The summed E-state index contributed by atoms with van der Waals surface area (Å²) in [6.07, 6.45) is 2.82. The number of ether oxygens (including phenoxy) is 3. The fraction of sp³-hybridized carbons (Fsp3) is 0.385. The van der Waals surface area contributed by atoms with Gasteiger partial charge in [0, 0.05) is 19.8 Å². The molecule has 0 unspecified atom stereocenters. The lowest BCUT2D eigenvalue weighted by Gasteiger charge is -2.34. The molecule has 1 fully saturated rings. The molecule has 1 amide bonds. The van der Waals surface area contributed by atoms with Crippen molar-refractivity contribution in [3.8, 4) is 22.9 Å². The van der Waals surface area contributed by atoms with Crippen molar-refractivity contribution in [3.05, 3.63) is 52.9 Å². The van der Waals surface area contributed by atoms with Crippen LogP contribution in [0.3, 0.4) is 0 Å². The van der Waals surface area contributed by atoms with Crippen molar-refractivity contribution >= 4 is 28.9 Å². The molecule has 0 aliphatic carbocycles. The molecule has 37 heavy (non-hydrogen) atoms. The van der Waals surface area contributed by atoms with E-state index in [1.54, 1.807) is 9.58 Å². The molecule has 0 radical (unpaired) electrons. The van der Waals surface area contributed by atoms with Gasteiger partial charge in [-0.1, -0.05) is 23.7 Å². The number of rotatable bonds is 4. The lowest BCUT2D eigenvalue weighted by atomic mass is 10.1. The lowest BCUT2D eigenvalue weighted by molar-refractivity contribution is -0.0433. The number of amides is 1. The summed E-state index contributed by atoms with van der Waals surface area (Å²) in [6.45, 7) is 8.83. The molecule has 0 saturated carbocycles. The number of hydrogen-bond donors (Lipinski definition) is 1. The first-order chi connectivity index (χ1) is 17.6. The van der Waals surface area contributed by atoms with Gasteiger partial charge in [0.05, 0.1) is 30.6 Å². The highest BCUT2D eigenvalue weighted by molar-refractivity contribution is 6.32. The number of nitrogens with one attached hydrogen (secondary N) is 1. The Morgan fingerprint density at radius 3 is 2.68 bits per heavy atom. The Balaban J connectivity index is 1.34. The number of imidazole rings is 1. The van der Waals surface area contributed by atoms with E-state index in [-0.39, 0.29) is 12.2 Å². The molecule has 0 bridgehead atoms. The smallest absolute Gasteiger partial charge is 0.410 e. The number of fused-ring (bicyclic) bond motifs is 1. The molecular weight excluding hydrogens is 496 g/mol. The lowest BCUT2D eigenvalue weighted by Crippen LogP contribution is -2.44. The second kappa shape index (κ2) is 9.68. The van der Waals surface area contributed by atoms with Gasteiger partial charge in [-0.05, 0) is 45.4 Å². The van der Waals surface area contributed by atoms with Gasteiger partial charge < -0.3 is 24.1 Å². The normalized spacial score (nSPS) is 16.3. The van der Waals surface area contributed by atoms with Crippen molar-refractivity contribution < 1.29 is 19.0 Å². The molecule has 11 heteroatoms. The average Bonchev–Trinajstić information content (AvgIpc) is 3.42. The topological polar surface area (TPSA) is 107 Å². The third-order valence-corrected chi connectivity index (χ3v) is 6.16. The van der Waals surface area contributed by atoms with Crippen LogP contribution in [0.1, 0.15) is 38.1 Å². The predicted octanol–water partition coefficient (Wildman–Crippen LogP) is 5.42. The zero-order chi connectivity index (χ0) is 26.3. The molecule has 1 saturated heterocycles. The van der Waals surface area contributed by atoms with Crippen LogP contribution in [-0.4, -0.2) is 61.0 Å². The highest BCUT2D eigenvalue weighted by atomic mass is 35.5. The number of aromatic amines is 1. The maximum Gasteiger partial charge on any atom is 0.410 e. The van der Waals surface area contributed by atoms with Gasteiger partial charge in [-0.25, -0.2) is 14.8 Å². The first kappa shape index (κ1) is 25.0. The molecule has 4 aromatic rings. The van der Waals surface area contributed by atoms with E-state index in [9.17, 15) is 4.79 Å². The van der Waals surface area contributed by atoms with Gasteiger partial charge in [-0.2, -0.15) is 5.10 Å². The van der Waals surface area contributed by atoms with Crippen molar-refractivity contribution in [2.24, 2.45) is 7.05 Å². The zero-order valence-electron chi connectivity index (χ0n) is 21.4. The van der Waals surface area contributed by atoms with Gasteiger partial charge in [0.15, 0.2) is 11.4 Å². The van der Waals surface area contributed by atoms with E-state index in [0.717, 1.165) is 16.8 Å². The first-order valence-corrected chi connectivity index (χ1v) is 12.4. The van der Waals surface area contributed by atoms with Gasteiger partial charge in [0.2, 0.25) is 0 Å². The second-order valence-electron chi connectivity index (χ2n) is 9.98. The Morgan fingerprint density at radius 2 is 2.00 bits per heavy atom. The largest absolute Gasteiger partial charge is 0.453 e.